The Morgan fingerprint density at radius 3 is 1.65 bits per heavy atom. The number of nitrogens with one attached hydrogen (secondary N) is 11. The third kappa shape index (κ3) is 15.2. The number of fused-ring (bicyclic) bond motifs is 3. The second kappa shape index (κ2) is 26.1. The number of nitrogens with two attached hydrogens (primary N) is 1. The molecule has 6 aromatic rings. The molecule has 9 rings (SSSR count). The molecule has 3 saturated heterocycles. The molecule has 3 amide bonds. The number of piperidine rings is 1. The zero-order valence-electron chi connectivity index (χ0n) is 48.8. The number of hydrogen-bond acceptors (Lipinski definition) is 22. The van der Waals surface area contributed by atoms with Crippen LogP contribution in [0.1, 0.15) is 119 Å². The van der Waals surface area contributed by atoms with Crippen LogP contribution in [0.3, 0.4) is 0 Å². The number of carbonyl (C=O) groups excluding carboxylic acids is 3. The molecule has 0 aliphatic carbocycles. The summed E-state index contributed by atoms with van der Waals surface area (Å²) < 4.78 is 28.2. The summed E-state index contributed by atoms with van der Waals surface area (Å²) in [5.41, 5.74) is 4.99. The molecule has 25 nitrogen and oxygen atoms in total. The number of alkyl halides is 2. The molecule has 0 bridgehead atoms. The van der Waals surface area contributed by atoms with Gasteiger partial charge in [-0.15, -0.1) is 0 Å². The van der Waals surface area contributed by atoms with E-state index in [-0.39, 0.29) is 62.0 Å². The Kier molecular flexibility index (Phi) is 18.9. The topological polar surface area (TPSA) is 346 Å². The fourth-order valence-electron chi connectivity index (χ4n) is 11.0. The lowest BCUT2D eigenvalue weighted by Crippen LogP contribution is -2.61. The Labute approximate surface area is 487 Å². The third-order valence-corrected chi connectivity index (χ3v) is 16.0. The number of pyridine rings is 3. The van der Waals surface area contributed by atoms with E-state index in [4.69, 9.17) is 30.7 Å². The summed E-state index contributed by atoms with van der Waals surface area (Å²) in [7, 11) is 0. The Hall–Kier alpha value is -7.62. The van der Waals surface area contributed by atoms with E-state index in [2.05, 4.69) is 85.3 Å². The van der Waals surface area contributed by atoms with Crippen molar-refractivity contribution >= 4 is 86.1 Å². The summed E-state index contributed by atoms with van der Waals surface area (Å²) in [6.45, 7) is 13.2. The number of amides is 3. The summed E-state index contributed by atoms with van der Waals surface area (Å²) in [6.07, 6.45) is 11.1. The maximum Gasteiger partial charge on any atom is 0.267 e. The van der Waals surface area contributed by atoms with Gasteiger partial charge in [-0.05, 0) is 128 Å². The van der Waals surface area contributed by atoms with Gasteiger partial charge in [0.15, 0.2) is 23.2 Å². The lowest BCUT2D eigenvalue weighted by molar-refractivity contribution is -0.146. The Morgan fingerprint density at radius 1 is 0.679 bits per heavy atom. The average molecular weight is 1160 g/mol. The summed E-state index contributed by atoms with van der Waals surface area (Å²) in [6, 6.07) is 8.93. The van der Waals surface area contributed by atoms with Gasteiger partial charge in [0.2, 0.25) is 29.7 Å². The molecule has 3 aliphatic rings. The van der Waals surface area contributed by atoms with Gasteiger partial charge in [0, 0.05) is 56.7 Å². The number of nitrogen functional groups attached to an aromatic ring is 1. The van der Waals surface area contributed by atoms with Gasteiger partial charge in [-0.2, -0.15) is 15.0 Å². The molecule has 14 N–H and O–H groups in total. The molecule has 0 spiro atoms. The summed E-state index contributed by atoms with van der Waals surface area (Å²) in [4.78, 5) is 83.4. The van der Waals surface area contributed by atoms with Crippen LogP contribution >= 0.6 is 0 Å². The Balaban J connectivity index is 0.997. The van der Waals surface area contributed by atoms with Gasteiger partial charge < -0.3 is 58.7 Å². The van der Waals surface area contributed by atoms with Crippen LogP contribution in [-0.4, -0.2) is 159 Å². The van der Waals surface area contributed by atoms with Crippen LogP contribution in [0.25, 0.3) is 33.1 Å². The Morgan fingerprint density at radius 2 is 1.18 bits per heavy atom. The zero-order valence-corrected chi connectivity index (χ0v) is 48.8. The largest absolute Gasteiger partial charge is 0.368 e. The van der Waals surface area contributed by atoms with Crippen LogP contribution in [0.5, 0.6) is 0 Å². The van der Waals surface area contributed by atoms with Crippen molar-refractivity contribution in [3.8, 4) is 0 Å². The van der Waals surface area contributed by atoms with E-state index in [0.717, 1.165) is 32.2 Å². The molecule has 452 valence electrons. The van der Waals surface area contributed by atoms with Gasteiger partial charge in [0.05, 0.1) is 51.8 Å². The van der Waals surface area contributed by atoms with E-state index in [1.165, 1.54) is 0 Å². The van der Waals surface area contributed by atoms with Crippen LogP contribution < -0.4 is 64.2 Å². The highest BCUT2D eigenvalue weighted by molar-refractivity contribution is 5.89. The van der Waals surface area contributed by atoms with Crippen molar-refractivity contribution < 1.29 is 28.3 Å². The summed E-state index contributed by atoms with van der Waals surface area (Å²) in [5.74, 6) is -2.25. The lowest BCUT2D eigenvalue weighted by Gasteiger charge is -2.38. The van der Waals surface area contributed by atoms with E-state index in [1.807, 2.05) is 52.8 Å². The minimum atomic E-state index is -2.96. The first kappa shape index (κ1) is 61.0. The van der Waals surface area contributed by atoms with Crippen molar-refractivity contribution in [3.05, 3.63) is 55.0 Å². The van der Waals surface area contributed by atoms with Gasteiger partial charge in [-0.3, -0.25) is 40.0 Å². The maximum atomic E-state index is 14.1. The molecule has 3 fully saturated rings. The number of anilines is 6. The number of hydrogen-bond donors (Lipinski definition) is 13. The fourth-order valence-corrected chi connectivity index (χ4v) is 11.0. The second-order valence-electron chi connectivity index (χ2n) is 23.6. The van der Waals surface area contributed by atoms with Gasteiger partial charge in [-0.25, -0.2) is 23.7 Å². The number of carbonyl (C=O) groups is 3. The predicted octanol–water partition coefficient (Wildman–Crippen LogP) is 4.72. The minimum Gasteiger partial charge on any atom is -0.368 e. The maximum absolute atomic E-state index is 14.1. The number of aromatic nitrogens is 9. The van der Waals surface area contributed by atoms with Crippen LogP contribution in [0, 0.1) is 0 Å². The molecule has 0 aromatic carbocycles. The first-order valence-corrected chi connectivity index (χ1v) is 29.4. The number of unbranched alkanes of at least 4 members (excludes halogenated alkanes) is 1. The molecule has 6 aromatic heterocycles. The van der Waals surface area contributed by atoms with Crippen molar-refractivity contribution in [3.63, 3.8) is 0 Å². The van der Waals surface area contributed by atoms with E-state index in [0.29, 0.717) is 102 Å². The zero-order chi connectivity index (χ0) is 59.7. The highest BCUT2D eigenvalue weighted by atomic mass is 19.3. The minimum absolute atomic E-state index is 0.0285. The van der Waals surface area contributed by atoms with Gasteiger partial charge in [0.25, 0.3) is 11.8 Å². The number of nitrogens with zero attached hydrogens (tertiary/aromatic N) is 9. The molecule has 84 heavy (non-hydrogen) atoms. The highest BCUT2D eigenvalue weighted by Crippen LogP contribution is 2.32. The average Bonchev–Trinajstić information content (AvgIpc) is 2.20. The molecule has 27 heteroatoms. The molecular formula is C57H81F2N21O4. The predicted molar refractivity (Wildman–Crippen MR) is 320 cm³/mol. The molecule has 9 heterocycles. The lowest BCUT2D eigenvalue weighted by atomic mass is 9.90. The third-order valence-electron chi connectivity index (χ3n) is 16.0. The number of halogens is 2. The SMILES string of the molecule is CCCCC(C)(CNC(=O)[C@@H]1CC(F)(F)CN1)Nc1nc(NC(CC)CC(C)(CNC(=O)[C@]2(O)CCCCN2)Nc2nc(NC(CC)CC(C)(CNC(=O)[C@@H]3CCN3)Nc3nc(N)nc4cccnc34)nc3cccnc23)nc2cccnc12. The number of rotatable bonds is 28. The fraction of sp³-hybridized carbons (Fsp3) is 0.579. The first-order chi connectivity index (χ1) is 40.2. The van der Waals surface area contributed by atoms with Crippen LogP contribution in [0.4, 0.5) is 44.1 Å². The van der Waals surface area contributed by atoms with E-state index in [1.54, 1.807) is 36.8 Å². The quantitative estimate of drug-likeness (QED) is 0.0316. The van der Waals surface area contributed by atoms with Crippen molar-refractivity contribution in [1.82, 2.24) is 76.8 Å². The summed E-state index contributed by atoms with van der Waals surface area (Å²) >= 11 is 0. The van der Waals surface area contributed by atoms with Crippen molar-refractivity contribution in [2.75, 3.05) is 71.6 Å². The number of aliphatic hydroxyl groups is 1. The van der Waals surface area contributed by atoms with Crippen molar-refractivity contribution in [2.24, 2.45) is 0 Å². The van der Waals surface area contributed by atoms with E-state index < -0.39 is 59.1 Å². The van der Waals surface area contributed by atoms with Crippen molar-refractivity contribution in [2.45, 2.75) is 171 Å². The van der Waals surface area contributed by atoms with Crippen LogP contribution in [0.15, 0.2) is 55.0 Å². The Bertz CT molecular complexity index is 3280. The smallest absolute Gasteiger partial charge is 0.267 e. The standard InChI is InChI=1S/C57H81F2N21O4/c1-7-10-20-53(4,30-66-48(82)40-29-56(58,59)33-65-40)78-45-42-37(17-14-23-63-42)73-51(76-45)71-35(9-3)28-55(6,32-68-49(83)57(84)21-11-12-25-69-57)80-46-43-38(18-15-24-64-43)74-52(77-46)70-34(8-2)27-54(5,31-67-47(81)39-19-26-61-39)79-44-41-36(16-13-22-62-41)72-50(60)75-44/h13-18,22-24,34-35,39-40,61,65,69,84H,7-12,19-21,25-33H2,1-6H3,(H,66,82)(H,67,81)(H,68,83)(H3,60,72,75,79)(H2,70,74,77,80)(H2,71,73,76,78)/t34?,35?,39-,40-,53?,54?,55?,57+/m0/s1. The molecule has 8 atom stereocenters. The summed E-state index contributed by atoms with van der Waals surface area (Å²) in [5, 5.41) is 47.5. The molecule has 3 aliphatic heterocycles. The molecule has 0 radical (unpaired) electrons. The van der Waals surface area contributed by atoms with Crippen LogP contribution in [0.2, 0.25) is 0 Å². The normalized spacial score (nSPS) is 21.4. The van der Waals surface area contributed by atoms with Crippen molar-refractivity contribution in [1.29, 1.82) is 0 Å². The van der Waals surface area contributed by atoms with Crippen LogP contribution in [-0.2, 0) is 14.4 Å². The van der Waals surface area contributed by atoms with E-state index >= 15 is 0 Å². The van der Waals surface area contributed by atoms with Gasteiger partial charge >= 0.3 is 0 Å². The van der Waals surface area contributed by atoms with E-state index in [9.17, 15) is 28.3 Å². The monoisotopic (exact) mass is 1160 g/mol. The molecule has 0 saturated carbocycles. The van der Waals surface area contributed by atoms with Gasteiger partial charge in [-0.1, -0.05) is 33.6 Å². The highest BCUT2D eigenvalue weighted by Gasteiger charge is 2.43. The molecular weight excluding hydrogens is 1080 g/mol. The first-order valence-electron chi connectivity index (χ1n) is 29.4. The molecule has 5 unspecified atom stereocenters. The van der Waals surface area contributed by atoms with Gasteiger partial charge in [0.1, 0.15) is 16.6 Å². The second-order valence-corrected chi connectivity index (χ2v) is 23.6.